The van der Waals surface area contributed by atoms with Gasteiger partial charge in [-0.25, -0.2) is 0 Å². The summed E-state index contributed by atoms with van der Waals surface area (Å²) in [6.07, 6.45) is -0.572. The number of aliphatic carboxylic acids is 2. The average Bonchev–Trinajstić information content (AvgIpc) is 1.93. The first-order valence-corrected chi connectivity index (χ1v) is 5.86. The molecule has 0 aromatic carbocycles. The summed E-state index contributed by atoms with van der Waals surface area (Å²) in [6.45, 7) is 3.40. The predicted molar refractivity (Wildman–Crippen MR) is 66.1 cm³/mol. The second kappa shape index (κ2) is 5.67. The van der Waals surface area contributed by atoms with E-state index in [2.05, 4.69) is 0 Å². The highest BCUT2D eigenvalue weighted by Crippen LogP contribution is 2.30. The van der Waals surface area contributed by atoms with E-state index in [0.29, 0.717) is 4.48 Å². The number of nitrogens with zero attached hydrogens (tertiary/aromatic N) is 1. The SMILES string of the molecule is CC(C)C(C(=O)O)C(O)(CC(=O)O)C[N+](C)(C)C. The highest BCUT2D eigenvalue weighted by atomic mass is 16.4. The van der Waals surface area contributed by atoms with E-state index >= 15 is 0 Å². The van der Waals surface area contributed by atoms with Gasteiger partial charge in [-0.3, -0.25) is 9.59 Å². The zero-order chi connectivity index (χ0) is 14.7. The summed E-state index contributed by atoms with van der Waals surface area (Å²) in [5.41, 5.74) is -1.76. The van der Waals surface area contributed by atoms with Crippen LogP contribution >= 0.6 is 0 Å². The third kappa shape index (κ3) is 5.01. The summed E-state index contributed by atoms with van der Waals surface area (Å²) in [5, 5.41) is 28.7. The van der Waals surface area contributed by atoms with Crippen molar-refractivity contribution in [3.8, 4) is 0 Å². The Bertz CT molecular complexity index is 321. The molecule has 6 heteroatoms. The Kier molecular flexibility index (Phi) is 5.31. The van der Waals surface area contributed by atoms with Gasteiger partial charge in [-0.2, -0.15) is 0 Å². The summed E-state index contributed by atoms with van der Waals surface area (Å²) in [5.74, 6) is -3.82. The van der Waals surface area contributed by atoms with Crippen LogP contribution in [0.4, 0.5) is 0 Å². The molecule has 0 aromatic rings. The molecule has 0 heterocycles. The van der Waals surface area contributed by atoms with Crippen LogP contribution < -0.4 is 0 Å². The lowest BCUT2D eigenvalue weighted by Gasteiger charge is -2.39. The van der Waals surface area contributed by atoms with Crippen LogP contribution in [0.15, 0.2) is 0 Å². The lowest BCUT2D eigenvalue weighted by molar-refractivity contribution is -0.877. The highest BCUT2D eigenvalue weighted by Gasteiger charge is 2.48. The van der Waals surface area contributed by atoms with E-state index in [-0.39, 0.29) is 12.5 Å². The van der Waals surface area contributed by atoms with Crippen molar-refractivity contribution >= 4 is 11.9 Å². The van der Waals surface area contributed by atoms with E-state index in [1.807, 2.05) is 0 Å². The maximum absolute atomic E-state index is 11.3. The molecule has 0 saturated carbocycles. The highest BCUT2D eigenvalue weighted by molar-refractivity contribution is 5.75. The average molecular weight is 262 g/mol. The quantitative estimate of drug-likeness (QED) is 0.572. The van der Waals surface area contributed by atoms with E-state index < -0.39 is 29.9 Å². The first kappa shape index (κ1) is 16.9. The van der Waals surface area contributed by atoms with Gasteiger partial charge < -0.3 is 19.8 Å². The fraction of sp³-hybridized carbons (Fsp3) is 0.833. The normalized spacial score (nSPS) is 17.3. The Morgan fingerprint density at radius 2 is 1.61 bits per heavy atom. The van der Waals surface area contributed by atoms with Crippen molar-refractivity contribution in [1.29, 1.82) is 0 Å². The van der Waals surface area contributed by atoms with Crippen molar-refractivity contribution in [2.45, 2.75) is 25.9 Å². The molecule has 6 nitrogen and oxygen atoms in total. The molecule has 0 aliphatic carbocycles. The first-order chi connectivity index (χ1) is 7.89. The Hall–Kier alpha value is -1.14. The Morgan fingerprint density at radius 3 is 1.83 bits per heavy atom. The van der Waals surface area contributed by atoms with Gasteiger partial charge in [0.15, 0.2) is 0 Å². The molecular formula is C12H24NO5+. The van der Waals surface area contributed by atoms with Gasteiger partial charge in [0.25, 0.3) is 0 Å². The number of aliphatic hydroxyl groups is 1. The molecule has 0 rings (SSSR count). The lowest BCUT2D eigenvalue weighted by Crippen LogP contribution is -2.57. The molecule has 3 N–H and O–H groups in total. The van der Waals surface area contributed by atoms with Crippen LogP contribution in [0.5, 0.6) is 0 Å². The van der Waals surface area contributed by atoms with Crippen molar-refractivity contribution in [3.63, 3.8) is 0 Å². The molecular weight excluding hydrogens is 238 g/mol. The number of carbonyl (C=O) groups is 2. The summed E-state index contributed by atoms with van der Waals surface area (Å²) >= 11 is 0. The summed E-state index contributed by atoms with van der Waals surface area (Å²) in [7, 11) is 5.35. The summed E-state index contributed by atoms with van der Waals surface area (Å²) < 4.78 is 0.292. The molecule has 0 fully saturated rings. The zero-order valence-electron chi connectivity index (χ0n) is 11.7. The second-order valence-electron chi connectivity index (χ2n) is 6.18. The van der Waals surface area contributed by atoms with Gasteiger partial charge in [-0.1, -0.05) is 13.8 Å². The lowest BCUT2D eigenvalue weighted by atomic mass is 9.77. The largest absolute Gasteiger partial charge is 0.481 e. The van der Waals surface area contributed by atoms with Crippen molar-refractivity contribution in [2.24, 2.45) is 11.8 Å². The van der Waals surface area contributed by atoms with E-state index in [0.717, 1.165) is 0 Å². The van der Waals surface area contributed by atoms with Crippen molar-refractivity contribution in [3.05, 3.63) is 0 Å². The maximum Gasteiger partial charge on any atom is 0.309 e. The minimum Gasteiger partial charge on any atom is -0.481 e. The number of hydrogen-bond acceptors (Lipinski definition) is 3. The van der Waals surface area contributed by atoms with Gasteiger partial charge in [-0.15, -0.1) is 0 Å². The Balaban J connectivity index is 5.42. The molecule has 0 radical (unpaired) electrons. The van der Waals surface area contributed by atoms with Crippen LogP contribution in [0, 0.1) is 11.8 Å². The minimum absolute atomic E-state index is 0.0639. The minimum atomic E-state index is -1.76. The predicted octanol–water partition coefficient (Wildman–Crippen LogP) is 0.255. The molecule has 0 bridgehead atoms. The van der Waals surface area contributed by atoms with Crippen LogP contribution in [0.2, 0.25) is 0 Å². The zero-order valence-corrected chi connectivity index (χ0v) is 11.7. The number of carboxylic acid groups (broad SMARTS) is 2. The Labute approximate surface area is 107 Å². The third-order valence-electron chi connectivity index (χ3n) is 2.72. The smallest absolute Gasteiger partial charge is 0.309 e. The molecule has 18 heavy (non-hydrogen) atoms. The molecule has 0 saturated heterocycles. The fourth-order valence-electron chi connectivity index (χ4n) is 2.48. The molecule has 2 atom stereocenters. The first-order valence-electron chi connectivity index (χ1n) is 5.86. The van der Waals surface area contributed by atoms with Crippen LogP contribution in [0.3, 0.4) is 0 Å². The topological polar surface area (TPSA) is 94.8 Å². The van der Waals surface area contributed by atoms with E-state index in [1.54, 1.807) is 35.0 Å². The van der Waals surface area contributed by atoms with Gasteiger partial charge in [-0.05, 0) is 5.92 Å². The molecule has 0 aliphatic heterocycles. The Morgan fingerprint density at radius 1 is 1.17 bits per heavy atom. The summed E-state index contributed by atoms with van der Waals surface area (Å²) in [4.78, 5) is 22.2. The van der Waals surface area contributed by atoms with E-state index in [1.165, 1.54) is 0 Å². The van der Waals surface area contributed by atoms with Gasteiger partial charge in [0, 0.05) is 0 Å². The molecule has 0 amide bonds. The van der Waals surface area contributed by atoms with Crippen molar-refractivity contribution in [1.82, 2.24) is 0 Å². The molecule has 0 aromatic heterocycles. The monoisotopic (exact) mass is 262 g/mol. The molecule has 2 unspecified atom stereocenters. The number of rotatable bonds is 7. The van der Waals surface area contributed by atoms with Crippen LogP contribution in [-0.2, 0) is 9.59 Å². The molecule has 0 aliphatic rings. The number of carboxylic acids is 2. The maximum atomic E-state index is 11.3. The van der Waals surface area contributed by atoms with Gasteiger partial charge >= 0.3 is 11.9 Å². The van der Waals surface area contributed by atoms with Gasteiger partial charge in [0.1, 0.15) is 12.1 Å². The van der Waals surface area contributed by atoms with Crippen LogP contribution in [0.1, 0.15) is 20.3 Å². The fourth-order valence-corrected chi connectivity index (χ4v) is 2.48. The van der Waals surface area contributed by atoms with Crippen molar-refractivity contribution < 1.29 is 29.4 Å². The van der Waals surface area contributed by atoms with Gasteiger partial charge in [0.2, 0.25) is 0 Å². The second-order valence-corrected chi connectivity index (χ2v) is 6.18. The third-order valence-corrected chi connectivity index (χ3v) is 2.72. The molecule has 0 spiro atoms. The number of hydrogen-bond donors (Lipinski definition) is 3. The van der Waals surface area contributed by atoms with Gasteiger partial charge in [0.05, 0.1) is 33.5 Å². The number of quaternary nitrogens is 1. The van der Waals surface area contributed by atoms with Crippen molar-refractivity contribution in [2.75, 3.05) is 27.7 Å². The standard InChI is InChI=1S/C12H23NO5/c1-8(2)10(11(16)17)12(18,6-9(14)15)7-13(3,4)5/h8,10,18H,6-7H2,1-5H3,(H-,14,15,16,17)/p+1. The van der Waals surface area contributed by atoms with Crippen LogP contribution in [-0.4, -0.2) is 65.0 Å². The molecule has 106 valence electrons. The van der Waals surface area contributed by atoms with E-state index in [9.17, 15) is 19.8 Å². The van der Waals surface area contributed by atoms with E-state index in [4.69, 9.17) is 5.11 Å². The number of likely N-dealkylation sites (N-methyl/N-ethyl adjacent to an activating group) is 1. The summed E-state index contributed by atoms with van der Waals surface area (Å²) in [6, 6.07) is 0. The van der Waals surface area contributed by atoms with Crippen LogP contribution in [0.25, 0.3) is 0 Å².